The molecule has 31 heavy (non-hydrogen) atoms. The first-order valence-electron chi connectivity index (χ1n) is 10.9. The molecule has 2 saturated heterocycles. The molecule has 0 radical (unpaired) electrons. The molecule has 1 aliphatic carbocycles. The van der Waals surface area contributed by atoms with E-state index in [-0.39, 0.29) is 23.3 Å². The Labute approximate surface area is 181 Å². The highest BCUT2D eigenvalue weighted by molar-refractivity contribution is 6.42. The molecule has 2 atom stereocenters. The summed E-state index contributed by atoms with van der Waals surface area (Å²) in [5, 5.41) is 1.06. The lowest BCUT2D eigenvalue weighted by Crippen LogP contribution is -2.41. The number of likely N-dealkylation sites (tertiary alicyclic amines) is 2. The number of nitrogens with one attached hydrogen (secondary N) is 1. The third-order valence-corrected chi connectivity index (χ3v) is 6.80. The van der Waals surface area contributed by atoms with Crippen LogP contribution in [0.4, 0.5) is 0 Å². The van der Waals surface area contributed by atoms with Gasteiger partial charge in [-0.2, -0.15) is 0 Å². The zero-order valence-corrected chi connectivity index (χ0v) is 18.1. The molecule has 2 unspecified atom stereocenters. The van der Waals surface area contributed by atoms with E-state index in [9.17, 15) is 14.4 Å². The molecule has 2 aliphatic heterocycles. The molecule has 1 aromatic rings. The van der Waals surface area contributed by atoms with E-state index < -0.39 is 11.7 Å². The number of ketones is 1. The SMILES string of the molecule is CO/C(C)=c1\c(C(=O)C(=O)N2CC3CN(C(=O)C4=CCCCC4)CC3C2)c[nH]\c1=C\N. The lowest BCUT2D eigenvalue weighted by Gasteiger charge is -2.23. The number of hydrogen-bond acceptors (Lipinski definition) is 5. The zero-order valence-electron chi connectivity index (χ0n) is 18.1. The number of methoxy groups -OCH3 is 1. The summed E-state index contributed by atoms with van der Waals surface area (Å²) in [6, 6.07) is 0. The molecule has 1 aromatic heterocycles. The van der Waals surface area contributed by atoms with Gasteiger partial charge in [0.15, 0.2) is 0 Å². The average Bonchev–Trinajstić information content (AvgIpc) is 3.50. The molecule has 8 heteroatoms. The Hall–Kier alpha value is -3.03. The third kappa shape index (κ3) is 3.86. The van der Waals surface area contributed by atoms with Crippen LogP contribution in [0.5, 0.6) is 0 Å². The van der Waals surface area contributed by atoms with Crippen molar-refractivity contribution in [1.82, 2.24) is 14.8 Å². The van der Waals surface area contributed by atoms with Crippen LogP contribution in [0.2, 0.25) is 0 Å². The highest BCUT2D eigenvalue weighted by atomic mass is 16.5. The van der Waals surface area contributed by atoms with Crippen molar-refractivity contribution >= 4 is 29.6 Å². The lowest BCUT2D eigenvalue weighted by molar-refractivity contribution is -0.127. The summed E-state index contributed by atoms with van der Waals surface area (Å²) >= 11 is 0. The summed E-state index contributed by atoms with van der Waals surface area (Å²) < 4.78 is 5.28. The van der Waals surface area contributed by atoms with Gasteiger partial charge in [-0.25, -0.2) is 0 Å². The molecule has 3 heterocycles. The Morgan fingerprint density at radius 3 is 2.39 bits per heavy atom. The number of ether oxygens (including phenoxy) is 1. The largest absolute Gasteiger partial charge is 0.501 e. The van der Waals surface area contributed by atoms with Gasteiger partial charge in [0.2, 0.25) is 5.91 Å². The fraction of sp³-hybridized carbons (Fsp3) is 0.522. The van der Waals surface area contributed by atoms with Crippen molar-refractivity contribution in [3.63, 3.8) is 0 Å². The van der Waals surface area contributed by atoms with Gasteiger partial charge in [0.25, 0.3) is 11.7 Å². The minimum absolute atomic E-state index is 0.149. The van der Waals surface area contributed by atoms with E-state index in [0.29, 0.717) is 42.5 Å². The smallest absolute Gasteiger partial charge is 0.295 e. The first kappa shape index (κ1) is 21.2. The van der Waals surface area contributed by atoms with Crippen LogP contribution in [0.1, 0.15) is 43.0 Å². The summed E-state index contributed by atoms with van der Waals surface area (Å²) in [7, 11) is 1.51. The number of allylic oxidation sites excluding steroid dienone is 1. The lowest BCUT2D eigenvalue weighted by atomic mass is 9.99. The van der Waals surface area contributed by atoms with Gasteiger partial charge in [-0.1, -0.05) is 6.08 Å². The van der Waals surface area contributed by atoms with E-state index in [4.69, 9.17) is 10.5 Å². The van der Waals surface area contributed by atoms with Crippen LogP contribution in [0.25, 0.3) is 12.0 Å². The second-order valence-electron chi connectivity index (χ2n) is 8.66. The van der Waals surface area contributed by atoms with E-state index in [2.05, 4.69) is 11.1 Å². The Morgan fingerprint density at radius 2 is 1.81 bits per heavy atom. The van der Waals surface area contributed by atoms with Gasteiger partial charge in [-0.05, 0) is 32.6 Å². The van der Waals surface area contributed by atoms with Crippen LogP contribution in [0.3, 0.4) is 0 Å². The molecule has 0 spiro atoms. The number of rotatable bonds is 4. The molecule has 3 N–H and O–H groups in total. The monoisotopic (exact) mass is 426 g/mol. The zero-order chi connectivity index (χ0) is 22.1. The van der Waals surface area contributed by atoms with Crippen LogP contribution >= 0.6 is 0 Å². The molecule has 0 bridgehead atoms. The average molecular weight is 427 g/mol. The molecular weight excluding hydrogens is 396 g/mol. The van der Waals surface area contributed by atoms with E-state index in [1.165, 1.54) is 19.5 Å². The van der Waals surface area contributed by atoms with Gasteiger partial charge in [-0.3, -0.25) is 14.4 Å². The van der Waals surface area contributed by atoms with Gasteiger partial charge in [0, 0.05) is 61.2 Å². The number of amides is 2. The fourth-order valence-corrected chi connectivity index (χ4v) is 5.05. The maximum absolute atomic E-state index is 13.0. The molecule has 2 amide bonds. The summed E-state index contributed by atoms with van der Waals surface area (Å²) in [5.41, 5.74) is 6.84. The van der Waals surface area contributed by atoms with Gasteiger partial charge in [0.1, 0.15) is 5.76 Å². The van der Waals surface area contributed by atoms with Crippen molar-refractivity contribution in [1.29, 1.82) is 0 Å². The minimum Gasteiger partial charge on any atom is -0.501 e. The molecule has 3 aliphatic rings. The number of nitrogens with zero attached hydrogens (tertiary/aromatic N) is 2. The van der Waals surface area contributed by atoms with Gasteiger partial charge < -0.3 is 25.3 Å². The van der Waals surface area contributed by atoms with Crippen LogP contribution in [0, 0.1) is 11.8 Å². The number of fused-ring (bicyclic) bond motifs is 1. The Bertz CT molecular complexity index is 1040. The highest BCUT2D eigenvalue weighted by Crippen LogP contribution is 2.33. The van der Waals surface area contributed by atoms with E-state index in [1.54, 1.807) is 11.8 Å². The fourth-order valence-electron chi connectivity index (χ4n) is 5.05. The summed E-state index contributed by atoms with van der Waals surface area (Å²) in [6.07, 6.45) is 9.02. The Kier molecular flexibility index (Phi) is 5.89. The number of Topliss-reactive ketones (excluding diaryl/α,β-unsaturated/α-hetero) is 1. The normalized spacial score (nSPS) is 24.7. The summed E-state index contributed by atoms with van der Waals surface area (Å²) in [5.74, 6) is 0.00678. The van der Waals surface area contributed by atoms with Crippen molar-refractivity contribution in [2.45, 2.75) is 32.6 Å². The van der Waals surface area contributed by atoms with Crippen LogP contribution in [0.15, 0.2) is 17.8 Å². The second-order valence-corrected chi connectivity index (χ2v) is 8.66. The number of aromatic nitrogens is 1. The first-order valence-corrected chi connectivity index (χ1v) is 10.9. The van der Waals surface area contributed by atoms with Gasteiger partial charge >= 0.3 is 0 Å². The molecule has 2 fully saturated rings. The topological polar surface area (TPSA) is 109 Å². The van der Waals surface area contributed by atoms with Gasteiger partial charge in [-0.15, -0.1) is 0 Å². The van der Waals surface area contributed by atoms with Crippen LogP contribution < -0.4 is 16.3 Å². The Morgan fingerprint density at radius 1 is 1.13 bits per heavy atom. The van der Waals surface area contributed by atoms with E-state index >= 15 is 0 Å². The minimum atomic E-state index is -0.573. The number of carbonyl (C=O) groups is 3. The predicted octanol–water partition coefficient (Wildman–Crippen LogP) is 0.0858. The maximum Gasteiger partial charge on any atom is 0.295 e. The maximum atomic E-state index is 13.0. The van der Waals surface area contributed by atoms with Crippen molar-refractivity contribution < 1.29 is 19.1 Å². The Balaban J connectivity index is 1.44. The number of H-pyrrole nitrogens is 1. The third-order valence-electron chi connectivity index (χ3n) is 6.80. The molecule has 166 valence electrons. The van der Waals surface area contributed by atoms with Gasteiger partial charge in [0.05, 0.1) is 18.0 Å². The number of nitrogens with two attached hydrogens (primary N) is 1. The highest BCUT2D eigenvalue weighted by Gasteiger charge is 2.44. The first-order chi connectivity index (χ1) is 14.9. The van der Waals surface area contributed by atoms with Crippen molar-refractivity contribution in [2.24, 2.45) is 17.6 Å². The molecule has 4 rings (SSSR count). The van der Waals surface area contributed by atoms with Crippen LogP contribution in [-0.4, -0.2) is 65.7 Å². The van der Waals surface area contributed by atoms with Crippen molar-refractivity contribution in [2.75, 3.05) is 33.3 Å². The quantitative estimate of drug-likeness (QED) is 0.524. The van der Waals surface area contributed by atoms with E-state index in [1.807, 2.05) is 4.90 Å². The molecule has 0 aromatic carbocycles. The molecular formula is C23H30N4O4. The second kappa shape index (κ2) is 8.61. The number of aromatic amines is 1. The van der Waals surface area contributed by atoms with Crippen molar-refractivity contribution in [3.05, 3.63) is 34.0 Å². The van der Waals surface area contributed by atoms with E-state index in [0.717, 1.165) is 31.3 Å². The van der Waals surface area contributed by atoms with Crippen molar-refractivity contribution in [3.8, 4) is 0 Å². The predicted molar refractivity (Wildman–Crippen MR) is 116 cm³/mol. The number of hydrogen-bond donors (Lipinski definition) is 2. The number of carbonyl (C=O) groups excluding carboxylic acids is 3. The standard InChI is InChI=1S/C23H30N4O4/c1-14(31-2)20-18(9-25-19(20)8-24)21(28)23(30)27-12-16-10-26(11-17(16)13-27)22(29)15-6-4-3-5-7-15/h6,8-9,16-17,25H,3-5,7,10-13,24H2,1-2H3/b19-8+,20-14+. The van der Waals surface area contributed by atoms with Crippen LogP contribution in [-0.2, 0) is 14.3 Å². The summed E-state index contributed by atoms with van der Waals surface area (Å²) in [6.45, 7) is 4.03. The molecule has 0 saturated carbocycles. The summed E-state index contributed by atoms with van der Waals surface area (Å²) in [4.78, 5) is 45.3. The molecule has 8 nitrogen and oxygen atoms in total.